The van der Waals surface area contributed by atoms with Crippen molar-refractivity contribution in [3.8, 4) is 5.82 Å². The number of methoxy groups -OCH3 is 1. The summed E-state index contributed by atoms with van der Waals surface area (Å²) in [5, 5.41) is 4.98. The Morgan fingerprint density at radius 3 is 2.77 bits per heavy atom. The SMILES string of the molecule is COC1(C)CN(c2ccc(-n3ccc(C(C)c4ccc5c(c4)SC(=O)C5)n3)nc2)C1. The Morgan fingerprint density at radius 2 is 2.03 bits per heavy atom. The molecule has 2 aromatic heterocycles. The summed E-state index contributed by atoms with van der Waals surface area (Å²) in [4.78, 5) is 19.6. The summed E-state index contributed by atoms with van der Waals surface area (Å²) in [7, 11) is 1.76. The van der Waals surface area contributed by atoms with Gasteiger partial charge in [0.25, 0.3) is 0 Å². The molecule has 0 aliphatic carbocycles. The number of thioether (sulfide) groups is 1. The number of ether oxygens (including phenoxy) is 1. The zero-order valence-electron chi connectivity index (χ0n) is 17.3. The molecule has 1 saturated heterocycles. The quantitative estimate of drug-likeness (QED) is 0.625. The predicted molar refractivity (Wildman–Crippen MR) is 118 cm³/mol. The maximum absolute atomic E-state index is 11.7. The zero-order chi connectivity index (χ0) is 20.9. The Labute approximate surface area is 180 Å². The Morgan fingerprint density at radius 1 is 1.20 bits per heavy atom. The third-order valence-corrected chi connectivity index (χ3v) is 7.05. The lowest BCUT2D eigenvalue weighted by Crippen LogP contribution is -2.61. The maximum Gasteiger partial charge on any atom is 0.198 e. The van der Waals surface area contributed by atoms with Gasteiger partial charge in [0.05, 0.1) is 23.2 Å². The minimum atomic E-state index is -0.0605. The molecule has 2 aliphatic heterocycles. The summed E-state index contributed by atoms with van der Waals surface area (Å²) in [5.41, 5.74) is 4.31. The summed E-state index contributed by atoms with van der Waals surface area (Å²) >= 11 is 1.34. The van der Waals surface area contributed by atoms with Crippen LogP contribution in [0.15, 0.2) is 53.7 Å². The fourth-order valence-electron chi connectivity index (χ4n) is 4.04. The van der Waals surface area contributed by atoms with Crippen molar-refractivity contribution < 1.29 is 9.53 Å². The Kier molecular flexibility index (Phi) is 4.67. The Hall–Kier alpha value is -2.64. The number of nitrogens with zero attached hydrogens (tertiary/aromatic N) is 4. The largest absolute Gasteiger partial charge is 0.375 e. The number of hydrogen-bond donors (Lipinski definition) is 0. The molecule has 0 amide bonds. The highest BCUT2D eigenvalue weighted by Crippen LogP contribution is 2.36. The van der Waals surface area contributed by atoms with Gasteiger partial charge in [0.1, 0.15) is 0 Å². The molecule has 0 bridgehead atoms. The number of benzene rings is 1. The first-order valence-electron chi connectivity index (χ1n) is 10.1. The average Bonchev–Trinajstić information content (AvgIpc) is 3.36. The Balaban J connectivity index is 1.31. The second-order valence-electron chi connectivity index (χ2n) is 8.31. The first-order chi connectivity index (χ1) is 14.4. The van der Waals surface area contributed by atoms with E-state index in [4.69, 9.17) is 9.84 Å². The van der Waals surface area contributed by atoms with E-state index in [2.05, 4.69) is 48.0 Å². The van der Waals surface area contributed by atoms with Gasteiger partial charge in [-0.3, -0.25) is 4.79 Å². The van der Waals surface area contributed by atoms with Crippen molar-refractivity contribution in [1.82, 2.24) is 14.8 Å². The highest BCUT2D eigenvalue weighted by molar-refractivity contribution is 8.14. The molecule has 30 heavy (non-hydrogen) atoms. The van der Waals surface area contributed by atoms with E-state index in [-0.39, 0.29) is 16.6 Å². The van der Waals surface area contributed by atoms with Crippen molar-refractivity contribution in [1.29, 1.82) is 0 Å². The van der Waals surface area contributed by atoms with Crippen LogP contribution in [0.4, 0.5) is 5.69 Å². The van der Waals surface area contributed by atoms with Crippen molar-refractivity contribution in [3.05, 3.63) is 65.6 Å². The van der Waals surface area contributed by atoms with Gasteiger partial charge in [-0.2, -0.15) is 5.10 Å². The first kappa shape index (κ1) is 19.3. The number of pyridine rings is 1. The van der Waals surface area contributed by atoms with Gasteiger partial charge in [-0.05, 0) is 42.3 Å². The van der Waals surface area contributed by atoms with Crippen LogP contribution in [0.2, 0.25) is 0 Å². The van der Waals surface area contributed by atoms with E-state index in [0.29, 0.717) is 6.42 Å². The summed E-state index contributed by atoms with van der Waals surface area (Å²) in [6.45, 7) is 6.01. The smallest absolute Gasteiger partial charge is 0.198 e. The van der Waals surface area contributed by atoms with Crippen LogP contribution in [0.25, 0.3) is 5.82 Å². The van der Waals surface area contributed by atoms with Gasteiger partial charge in [0.2, 0.25) is 0 Å². The summed E-state index contributed by atoms with van der Waals surface area (Å²) < 4.78 is 7.33. The molecule has 3 aromatic rings. The predicted octanol–water partition coefficient (Wildman–Crippen LogP) is 3.82. The van der Waals surface area contributed by atoms with Crippen LogP contribution in [0.1, 0.15) is 36.6 Å². The second-order valence-corrected chi connectivity index (χ2v) is 9.41. The molecule has 0 radical (unpaired) electrons. The Bertz CT molecular complexity index is 1100. The van der Waals surface area contributed by atoms with Crippen molar-refractivity contribution >= 4 is 22.6 Å². The second kappa shape index (κ2) is 7.25. The molecule has 1 fully saturated rings. The lowest BCUT2D eigenvalue weighted by Gasteiger charge is -2.48. The lowest BCUT2D eigenvalue weighted by molar-refractivity contribution is -0.110. The highest BCUT2D eigenvalue weighted by atomic mass is 32.2. The third-order valence-electron chi connectivity index (χ3n) is 6.08. The average molecular weight is 421 g/mol. The number of carbonyl (C=O) groups excluding carboxylic acids is 1. The molecule has 4 heterocycles. The molecule has 2 aliphatic rings. The standard InChI is InChI=1S/C23H24N4O2S/c1-15(16-4-5-17-11-22(28)30-20(17)10-16)19-8-9-27(25-19)21-7-6-18(12-24-21)26-13-23(2,14-26)29-3/h4-10,12,15H,11,13-14H2,1-3H3. The number of hydrogen-bond acceptors (Lipinski definition) is 6. The van der Waals surface area contributed by atoms with E-state index in [1.807, 2.05) is 29.2 Å². The van der Waals surface area contributed by atoms with Gasteiger partial charge in [-0.25, -0.2) is 9.67 Å². The molecule has 5 rings (SSSR count). The molecular formula is C23H24N4O2S. The monoisotopic (exact) mass is 420 g/mol. The molecule has 1 unspecified atom stereocenters. The van der Waals surface area contributed by atoms with Gasteiger partial charge in [-0.15, -0.1) is 0 Å². The van der Waals surface area contributed by atoms with Gasteiger partial charge in [0, 0.05) is 43.6 Å². The summed E-state index contributed by atoms with van der Waals surface area (Å²) in [6, 6.07) is 12.4. The van der Waals surface area contributed by atoms with Crippen LogP contribution in [0, 0.1) is 0 Å². The van der Waals surface area contributed by atoms with Crippen molar-refractivity contribution in [2.24, 2.45) is 0 Å². The molecular weight excluding hydrogens is 396 g/mol. The van der Waals surface area contributed by atoms with Gasteiger partial charge in [0.15, 0.2) is 10.9 Å². The number of anilines is 1. The van der Waals surface area contributed by atoms with Crippen molar-refractivity contribution in [2.75, 3.05) is 25.1 Å². The van der Waals surface area contributed by atoms with E-state index >= 15 is 0 Å². The van der Waals surface area contributed by atoms with Crippen LogP contribution in [0.3, 0.4) is 0 Å². The van der Waals surface area contributed by atoms with Gasteiger partial charge < -0.3 is 9.64 Å². The van der Waals surface area contributed by atoms with Crippen LogP contribution in [0.5, 0.6) is 0 Å². The topological polar surface area (TPSA) is 60.2 Å². The molecule has 0 saturated carbocycles. The molecule has 154 valence electrons. The number of aromatic nitrogens is 3. The number of carbonyl (C=O) groups is 1. The van der Waals surface area contributed by atoms with Crippen LogP contribution in [-0.4, -0.2) is 45.7 Å². The molecule has 1 aromatic carbocycles. The minimum Gasteiger partial charge on any atom is -0.375 e. The van der Waals surface area contributed by atoms with Gasteiger partial charge >= 0.3 is 0 Å². The van der Waals surface area contributed by atoms with E-state index in [0.717, 1.165) is 40.7 Å². The molecule has 1 atom stereocenters. The zero-order valence-corrected chi connectivity index (χ0v) is 18.1. The number of fused-ring (bicyclic) bond motifs is 1. The van der Waals surface area contributed by atoms with E-state index < -0.39 is 0 Å². The third kappa shape index (κ3) is 3.42. The van der Waals surface area contributed by atoms with E-state index in [1.54, 1.807) is 7.11 Å². The molecule has 0 spiro atoms. The summed E-state index contributed by atoms with van der Waals surface area (Å²) in [5.74, 6) is 0.933. The number of rotatable bonds is 5. The fraction of sp³-hybridized carbons (Fsp3) is 0.348. The van der Waals surface area contributed by atoms with Crippen LogP contribution >= 0.6 is 11.8 Å². The fourth-order valence-corrected chi connectivity index (χ4v) is 4.98. The van der Waals surface area contributed by atoms with Gasteiger partial charge in [-0.1, -0.05) is 30.8 Å². The van der Waals surface area contributed by atoms with Crippen LogP contribution < -0.4 is 4.90 Å². The normalized spacial score (nSPS) is 18.2. The summed E-state index contributed by atoms with van der Waals surface area (Å²) in [6.07, 6.45) is 4.38. The van der Waals surface area contributed by atoms with Crippen molar-refractivity contribution in [3.63, 3.8) is 0 Å². The molecule has 6 nitrogen and oxygen atoms in total. The van der Waals surface area contributed by atoms with Crippen molar-refractivity contribution in [2.45, 2.75) is 36.7 Å². The highest BCUT2D eigenvalue weighted by Gasteiger charge is 2.39. The first-order valence-corrected chi connectivity index (χ1v) is 10.9. The van der Waals surface area contributed by atoms with Crippen LogP contribution in [-0.2, 0) is 16.0 Å². The van der Waals surface area contributed by atoms with E-state index in [9.17, 15) is 4.79 Å². The lowest BCUT2D eigenvalue weighted by atomic mass is 9.96. The molecule has 7 heteroatoms. The maximum atomic E-state index is 11.7. The van der Waals surface area contributed by atoms with E-state index in [1.165, 1.54) is 17.3 Å². The molecule has 0 N–H and O–H groups in total. The minimum absolute atomic E-state index is 0.0605.